The molecule has 0 spiro atoms. The van der Waals surface area contributed by atoms with Crippen molar-refractivity contribution in [3.05, 3.63) is 53.6 Å². The molecule has 3 fully saturated rings. The molecule has 2 aromatic carbocycles. The predicted molar refractivity (Wildman–Crippen MR) is 96.4 cm³/mol. The molecule has 1 saturated carbocycles. The van der Waals surface area contributed by atoms with Crippen molar-refractivity contribution in [1.29, 1.82) is 0 Å². The summed E-state index contributed by atoms with van der Waals surface area (Å²) < 4.78 is 71.1. The number of alkyl halides is 3. The average molecular weight is 423 g/mol. The summed E-state index contributed by atoms with van der Waals surface area (Å²) in [6.07, 6.45) is -6.27. The summed E-state index contributed by atoms with van der Waals surface area (Å²) in [5.41, 5.74) is 2.15. The molecule has 29 heavy (non-hydrogen) atoms. The number of benzene rings is 2. The Bertz CT molecular complexity index is 1140. The lowest BCUT2D eigenvalue weighted by atomic mass is 9.72. The molecule has 2 aliphatic heterocycles. The van der Waals surface area contributed by atoms with Crippen LogP contribution in [0.3, 0.4) is 0 Å². The Hall–Kier alpha value is -2.39. The van der Waals surface area contributed by atoms with E-state index >= 15 is 0 Å². The number of rotatable bonds is 3. The van der Waals surface area contributed by atoms with Gasteiger partial charge < -0.3 is 4.74 Å². The van der Waals surface area contributed by atoms with Gasteiger partial charge in [-0.25, -0.2) is 13.1 Å². The zero-order chi connectivity index (χ0) is 20.6. The lowest BCUT2D eigenvalue weighted by Crippen LogP contribution is -2.52. The van der Waals surface area contributed by atoms with E-state index in [2.05, 4.69) is 0 Å². The van der Waals surface area contributed by atoms with E-state index in [-0.39, 0.29) is 17.7 Å². The number of fused-ring (bicyclic) bond motifs is 4. The van der Waals surface area contributed by atoms with Crippen molar-refractivity contribution < 1.29 is 31.1 Å². The molecule has 1 unspecified atom stereocenters. The number of carbonyl (C=O) groups excluding carboxylic acids is 1. The van der Waals surface area contributed by atoms with Crippen LogP contribution < -0.4 is 4.72 Å². The fourth-order valence-corrected chi connectivity index (χ4v) is 5.66. The monoisotopic (exact) mass is 423 g/mol. The molecule has 9 heteroatoms. The topological polar surface area (TPSA) is 72.5 Å². The third-order valence-electron chi connectivity index (χ3n) is 6.00. The molecule has 1 N–H and O–H groups in total. The van der Waals surface area contributed by atoms with Gasteiger partial charge in [-0.3, -0.25) is 4.79 Å². The molecule has 1 amide bonds. The minimum Gasteiger partial charge on any atom is -0.352 e. The second-order valence-corrected chi connectivity index (χ2v) is 9.51. The van der Waals surface area contributed by atoms with Gasteiger partial charge >= 0.3 is 6.18 Å². The Kier molecular flexibility index (Phi) is 3.74. The van der Waals surface area contributed by atoms with Gasteiger partial charge in [0.15, 0.2) is 6.10 Å². The van der Waals surface area contributed by atoms with Gasteiger partial charge in [-0.2, -0.15) is 13.2 Å². The van der Waals surface area contributed by atoms with Gasteiger partial charge in [0.1, 0.15) is 5.60 Å². The van der Waals surface area contributed by atoms with Gasteiger partial charge in [-0.05, 0) is 53.6 Å². The number of hydrogen-bond donors (Lipinski definition) is 1. The number of ether oxygens (including phenoxy) is 1. The average Bonchev–Trinajstić information content (AvgIpc) is 3.29. The number of nitrogens with one attached hydrogen (secondary N) is 1. The Balaban J connectivity index is 1.37. The van der Waals surface area contributed by atoms with E-state index in [0.29, 0.717) is 6.42 Å². The molecule has 2 aromatic rings. The normalized spacial score (nSPS) is 27.1. The van der Waals surface area contributed by atoms with Crippen molar-refractivity contribution >= 4 is 15.9 Å². The van der Waals surface area contributed by atoms with Gasteiger partial charge in [0.25, 0.3) is 15.9 Å². The smallest absolute Gasteiger partial charge is 0.352 e. The summed E-state index contributed by atoms with van der Waals surface area (Å²) in [4.78, 5) is 12.4. The predicted octanol–water partition coefficient (Wildman–Crippen LogP) is 3.17. The number of amides is 1. The van der Waals surface area contributed by atoms with E-state index in [1.54, 1.807) is 6.07 Å². The highest BCUT2D eigenvalue weighted by molar-refractivity contribution is 7.90. The summed E-state index contributed by atoms with van der Waals surface area (Å²) in [6.45, 7) is 0. The molecule has 2 heterocycles. The maximum Gasteiger partial charge on any atom is 0.414 e. The largest absolute Gasteiger partial charge is 0.414 e. The van der Waals surface area contributed by atoms with Gasteiger partial charge in [0.05, 0.1) is 4.90 Å². The Morgan fingerprint density at radius 2 is 1.76 bits per heavy atom. The van der Waals surface area contributed by atoms with Crippen LogP contribution in [-0.2, 0) is 26.0 Å². The van der Waals surface area contributed by atoms with Gasteiger partial charge in [0.2, 0.25) is 0 Å². The summed E-state index contributed by atoms with van der Waals surface area (Å²) in [5, 5.41) is 0. The van der Waals surface area contributed by atoms with Crippen LogP contribution in [0.1, 0.15) is 24.0 Å². The first-order valence-corrected chi connectivity index (χ1v) is 10.6. The molecule has 152 valence electrons. The molecule has 4 aliphatic rings. The lowest BCUT2D eigenvalue weighted by molar-refractivity contribution is -0.215. The van der Waals surface area contributed by atoms with E-state index in [4.69, 9.17) is 4.74 Å². The second kappa shape index (κ2) is 5.82. The van der Waals surface area contributed by atoms with Crippen LogP contribution in [0.2, 0.25) is 0 Å². The van der Waals surface area contributed by atoms with Crippen molar-refractivity contribution in [2.24, 2.45) is 5.92 Å². The summed E-state index contributed by atoms with van der Waals surface area (Å²) in [5.74, 6) is -1.84. The third kappa shape index (κ3) is 2.78. The van der Waals surface area contributed by atoms with Crippen molar-refractivity contribution in [3.63, 3.8) is 0 Å². The molecule has 2 bridgehead atoms. The summed E-state index contributed by atoms with van der Waals surface area (Å²) in [7, 11) is -4.23. The van der Waals surface area contributed by atoms with Crippen molar-refractivity contribution in [2.45, 2.75) is 42.0 Å². The van der Waals surface area contributed by atoms with E-state index < -0.39 is 39.7 Å². The number of hydrogen-bond acceptors (Lipinski definition) is 4. The molecule has 6 rings (SSSR count). The maximum absolute atomic E-state index is 12.9. The van der Waals surface area contributed by atoms with Crippen LogP contribution in [0, 0.1) is 5.92 Å². The quantitative estimate of drug-likeness (QED) is 0.703. The minimum atomic E-state index is -4.57. The SMILES string of the molecule is O=C(NS(=O)(=O)c1ccc2c(c1)Cc1ccccc1-2)C12CC(C1)C(C(F)(F)F)O2. The number of halogens is 3. The molecule has 2 saturated heterocycles. The van der Waals surface area contributed by atoms with Crippen LogP contribution in [0.5, 0.6) is 0 Å². The van der Waals surface area contributed by atoms with Crippen molar-refractivity contribution in [2.75, 3.05) is 0 Å². The molecule has 0 radical (unpaired) electrons. The highest BCUT2D eigenvalue weighted by atomic mass is 32.2. The Morgan fingerprint density at radius 1 is 1.07 bits per heavy atom. The molecular formula is C20H16F3NO4S. The van der Waals surface area contributed by atoms with Crippen molar-refractivity contribution in [3.8, 4) is 11.1 Å². The Labute approximate surface area is 164 Å². The molecule has 0 aromatic heterocycles. The van der Waals surface area contributed by atoms with E-state index in [1.807, 2.05) is 29.0 Å². The van der Waals surface area contributed by atoms with Crippen LogP contribution in [0.25, 0.3) is 11.1 Å². The van der Waals surface area contributed by atoms with Crippen LogP contribution in [0.4, 0.5) is 13.2 Å². The van der Waals surface area contributed by atoms with Crippen LogP contribution in [0.15, 0.2) is 47.4 Å². The molecular weight excluding hydrogens is 407 g/mol. The fourth-order valence-electron chi connectivity index (χ4n) is 4.57. The van der Waals surface area contributed by atoms with E-state index in [1.165, 1.54) is 12.1 Å². The Morgan fingerprint density at radius 3 is 2.45 bits per heavy atom. The van der Waals surface area contributed by atoms with Gasteiger partial charge in [-0.15, -0.1) is 0 Å². The number of carbonyl (C=O) groups is 1. The summed E-state index contributed by atoms with van der Waals surface area (Å²) in [6, 6.07) is 12.3. The first-order chi connectivity index (χ1) is 13.6. The first-order valence-electron chi connectivity index (χ1n) is 9.12. The second-order valence-electron chi connectivity index (χ2n) is 7.83. The van der Waals surface area contributed by atoms with Gasteiger partial charge in [-0.1, -0.05) is 30.3 Å². The van der Waals surface area contributed by atoms with E-state index in [0.717, 1.165) is 22.3 Å². The molecule has 1 atom stereocenters. The zero-order valence-electron chi connectivity index (χ0n) is 15.0. The first kappa shape index (κ1) is 18.6. The van der Waals surface area contributed by atoms with Crippen molar-refractivity contribution in [1.82, 2.24) is 4.72 Å². The van der Waals surface area contributed by atoms with Crippen LogP contribution in [-0.4, -0.2) is 32.2 Å². The highest BCUT2D eigenvalue weighted by Crippen LogP contribution is 2.56. The van der Waals surface area contributed by atoms with E-state index in [9.17, 15) is 26.4 Å². The summed E-state index contributed by atoms with van der Waals surface area (Å²) >= 11 is 0. The molecule has 5 nitrogen and oxygen atoms in total. The minimum absolute atomic E-state index is 0.102. The molecule has 2 aliphatic carbocycles. The fraction of sp³-hybridized carbons (Fsp3) is 0.350. The highest BCUT2D eigenvalue weighted by Gasteiger charge is 2.68. The standard InChI is InChI=1S/C20H16F3NO4S/c21-20(22,23)17-13-9-19(10-13,28-17)18(25)24-29(26,27)14-5-6-16-12(8-14)7-11-3-1-2-4-15(11)16/h1-6,8,13,17H,7,9-10H2,(H,24,25). The van der Waals surface area contributed by atoms with Crippen LogP contribution >= 0.6 is 0 Å². The lowest BCUT2D eigenvalue weighted by Gasteiger charge is -2.33. The zero-order valence-corrected chi connectivity index (χ0v) is 15.8. The van der Waals surface area contributed by atoms with Gasteiger partial charge in [0, 0.05) is 5.92 Å². The number of sulfonamides is 1. The maximum atomic E-state index is 12.9. The third-order valence-corrected chi connectivity index (χ3v) is 7.33.